The van der Waals surface area contributed by atoms with Crippen LogP contribution in [0.15, 0.2) is 0 Å². The minimum absolute atomic E-state index is 0.413. The van der Waals surface area contributed by atoms with E-state index >= 15 is 0 Å². The van der Waals surface area contributed by atoms with Crippen LogP contribution in [0.1, 0.15) is 32.6 Å². The molecular formula is C12H23N7. The predicted octanol–water partition coefficient (Wildman–Crippen LogP) is 0.992. The normalized spacial score (nSPS) is 14.3. The Balaban J connectivity index is 2.26. The van der Waals surface area contributed by atoms with E-state index < -0.39 is 0 Å². The quantitative estimate of drug-likeness (QED) is 0.562. The second kappa shape index (κ2) is 6.01. The van der Waals surface area contributed by atoms with Crippen LogP contribution in [0.3, 0.4) is 0 Å². The monoisotopic (exact) mass is 265 g/mol. The van der Waals surface area contributed by atoms with Gasteiger partial charge in [0.05, 0.1) is 0 Å². The van der Waals surface area contributed by atoms with Gasteiger partial charge in [0.1, 0.15) is 0 Å². The van der Waals surface area contributed by atoms with Gasteiger partial charge >= 0.3 is 0 Å². The highest BCUT2D eigenvalue weighted by Crippen LogP contribution is 2.30. The van der Waals surface area contributed by atoms with Crippen LogP contribution < -0.4 is 21.1 Å². The maximum Gasteiger partial charge on any atom is 0.243 e. The molecule has 1 saturated carbocycles. The average Bonchev–Trinajstić information content (AvgIpc) is 3.23. The van der Waals surface area contributed by atoms with Gasteiger partial charge in [-0.15, -0.1) is 0 Å². The van der Waals surface area contributed by atoms with E-state index in [1.807, 2.05) is 19.0 Å². The Morgan fingerprint density at radius 3 is 2.42 bits per heavy atom. The van der Waals surface area contributed by atoms with E-state index in [0.717, 1.165) is 25.3 Å². The number of nitrogens with zero attached hydrogens (tertiary/aromatic N) is 5. The third-order valence-corrected chi connectivity index (χ3v) is 3.14. The number of rotatable bonds is 7. The lowest BCUT2D eigenvalue weighted by Gasteiger charge is -2.23. The summed E-state index contributed by atoms with van der Waals surface area (Å²) in [6.07, 6.45) is 4.75. The van der Waals surface area contributed by atoms with Crippen molar-refractivity contribution in [1.82, 2.24) is 15.0 Å². The van der Waals surface area contributed by atoms with Gasteiger partial charge in [0.15, 0.2) is 0 Å². The molecule has 19 heavy (non-hydrogen) atoms. The van der Waals surface area contributed by atoms with Crippen LogP contribution in [0, 0.1) is 0 Å². The molecule has 7 heteroatoms. The van der Waals surface area contributed by atoms with Gasteiger partial charge in [0.2, 0.25) is 17.8 Å². The molecule has 1 aliphatic rings. The number of nitrogen functional groups attached to an aromatic ring is 1. The molecule has 106 valence electrons. The van der Waals surface area contributed by atoms with Gasteiger partial charge < -0.3 is 9.80 Å². The number of nitrogens with one attached hydrogen (secondary N) is 1. The summed E-state index contributed by atoms with van der Waals surface area (Å²) in [6, 6.07) is 0.578. The number of anilines is 3. The molecule has 0 radical (unpaired) electrons. The van der Waals surface area contributed by atoms with Crippen LogP contribution in [-0.4, -0.2) is 41.6 Å². The van der Waals surface area contributed by atoms with Crippen molar-refractivity contribution < 1.29 is 0 Å². The fourth-order valence-electron chi connectivity index (χ4n) is 1.91. The summed E-state index contributed by atoms with van der Waals surface area (Å²) in [4.78, 5) is 17.3. The molecule has 0 aliphatic heterocycles. The van der Waals surface area contributed by atoms with Crippen LogP contribution in [-0.2, 0) is 0 Å². The molecular weight excluding hydrogens is 242 g/mol. The van der Waals surface area contributed by atoms with Crippen molar-refractivity contribution >= 4 is 17.8 Å². The molecule has 0 aromatic carbocycles. The largest absolute Gasteiger partial charge is 0.347 e. The van der Waals surface area contributed by atoms with Crippen LogP contribution in [0.4, 0.5) is 17.8 Å². The highest BCUT2D eigenvalue weighted by Gasteiger charge is 2.31. The van der Waals surface area contributed by atoms with Gasteiger partial charge in [-0.25, -0.2) is 5.84 Å². The van der Waals surface area contributed by atoms with Crippen molar-refractivity contribution in [3.63, 3.8) is 0 Å². The van der Waals surface area contributed by atoms with E-state index in [2.05, 4.69) is 32.2 Å². The lowest BCUT2D eigenvalue weighted by Crippen LogP contribution is -2.30. The first-order valence-electron chi connectivity index (χ1n) is 6.82. The number of aromatic nitrogens is 3. The first-order valence-corrected chi connectivity index (χ1v) is 6.82. The Bertz CT molecular complexity index is 417. The summed E-state index contributed by atoms with van der Waals surface area (Å²) in [5.41, 5.74) is 2.52. The zero-order chi connectivity index (χ0) is 13.8. The van der Waals surface area contributed by atoms with Gasteiger partial charge in [-0.3, -0.25) is 5.43 Å². The Hall–Kier alpha value is -1.63. The van der Waals surface area contributed by atoms with Crippen molar-refractivity contribution in [3.8, 4) is 0 Å². The minimum atomic E-state index is 0.413. The number of unbranched alkanes of at least 4 members (excludes halogenated alkanes) is 1. The molecule has 1 heterocycles. The van der Waals surface area contributed by atoms with Gasteiger partial charge in [-0.1, -0.05) is 13.3 Å². The van der Waals surface area contributed by atoms with E-state index in [1.54, 1.807) is 0 Å². The summed E-state index contributed by atoms with van der Waals surface area (Å²) in [5.74, 6) is 7.20. The molecule has 1 aromatic rings. The second-order valence-electron chi connectivity index (χ2n) is 5.08. The molecule has 2 rings (SSSR count). The van der Waals surface area contributed by atoms with Gasteiger partial charge in [-0.05, 0) is 19.3 Å². The molecule has 3 N–H and O–H groups in total. The number of nitrogens with two attached hydrogens (primary N) is 1. The average molecular weight is 265 g/mol. The maximum absolute atomic E-state index is 5.44. The standard InChI is InChI=1S/C12H23N7/c1-4-5-8-19(9-6-7-9)12-15-10(17-13)14-11(16-12)18(2)3/h9H,4-8,13H2,1-3H3,(H,14,15,16,17). The van der Waals surface area contributed by atoms with Crippen LogP contribution in [0.2, 0.25) is 0 Å². The van der Waals surface area contributed by atoms with E-state index in [-0.39, 0.29) is 0 Å². The molecule has 0 bridgehead atoms. The van der Waals surface area contributed by atoms with Gasteiger partial charge in [-0.2, -0.15) is 15.0 Å². The van der Waals surface area contributed by atoms with E-state index in [1.165, 1.54) is 12.8 Å². The smallest absolute Gasteiger partial charge is 0.243 e. The molecule has 7 nitrogen and oxygen atoms in total. The molecule has 1 fully saturated rings. The highest BCUT2D eigenvalue weighted by atomic mass is 15.4. The van der Waals surface area contributed by atoms with Crippen molar-refractivity contribution in [2.45, 2.75) is 38.6 Å². The molecule has 0 unspecified atom stereocenters. The van der Waals surface area contributed by atoms with E-state index in [0.29, 0.717) is 17.9 Å². The zero-order valence-electron chi connectivity index (χ0n) is 11.9. The minimum Gasteiger partial charge on any atom is -0.347 e. The molecule has 1 aliphatic carbocycles. The third kappa shape index (κ3) is 3.44. The van der Waals surface area contributed by atoms with Gasteiger partial charge in [0, 0.05) is 26.7 Å². The summed E-state index contributed by atoms with van der Waals surface area (Å²) in [6.45, 7) is 3.18. The summed E-state index contributed by atoms with van der Waals surface area (Å²) >= 11 is 0. The SMILES string of the molecule is CCCCN(c1nc(NN)nc(N(C)C)n1)C1CC1. The molecule has 0 amide bonds. The Labute approximate surface area is 114 Å². The van der Waals surface area contributed by atoms with Crippen LogP contribution in [0.25, 0.3) is 0 Å². The first-order chi connectivity index (χ1) is 9.15. The Morgan fingerprint density at radius 2 is 1.89 bits per heavy atom. The lowest BCUT2D eigenvalue weighted by atomic mass is 10.3. The summed E-state index contributed by atoms with van der Waals surface area (Å²) in [5, 5.41) is 0. The summed E-state index contributed by atoms with van der Waals surface area (Å²) in [7, 11) is 3.82. The number of hydrogen-bond donors (Lipinski definition) is 2. The van der Waals surface area contributed by atoms with Crippen molar-refractivity contribution in [2.75, 3.05) is 35.9 Å². The van der Waals surface area contributed by atoms with E-state index in [4.69, 9.17) is 5.84 Å². The fourth-order valence-corrected chi connectivity index (χ4v) is 1.91. The molecule has 0 spiro atoms. The molecule has 0 saturated heterocycles. The molecule has 1 aromatic heterocycles. The number of hydrazine groups is 1. The van der Waals surface area contributed by atoms with Crippen molar-refractivity contribution in [1.29, 1.82) is 0 Å². The summed E-state index contributed by atoms with van der Waals surface area (Å²) < 4.78 is 0. The fraction of sp³-hybridized carbons (Fsp3) is 0.750. The maximum atomic E-state index is 5.44. The predicted molar refractivity (Wildman–Crippen MR) is 77.2 cm³/mol. The van der Waals surface area contributed by atoms with Crippen molar-refractivity contribution in [3.05, 3.63) is 0 Å². The molecule has 0 atom stereocenters. The zero-order valence-corrected chi connectivity index (χ0v) is 11.9. The topological polar surface area (TPSA) is 83.2 Å². The van der Waals surface area contributed by atoms with Gasteiger partial charge in [0.25, 0.3) is 0 Å². The van der Waals surface area contributed by atoms with Crippen molar-refractivity contribution in [2.24, 2.45) is 5.84 Å². The highest BCUT2D eigenvalue weighted by molar-refractivity contribution is 5.45. The van der Waals surface area contributed by atoms with Crippen LogP contribution >= 0.6 is 0 Å². The first kappa shape index (κ1) is 13.8. The Morgan fingerprint density at radius 1 is 1.21 bits per heavy atom. The Kier molecular flexibility index (Phi) is 4.36. The third-order valence-electron chi connectivity index (χ3n) is 3.14. The number of hydrogen-bond acceptors (Lipinski definition) is 7. The second-order valence-corrected chi connectivity index (χ2v) is 5.08. The van der Waals surface area contributed by atoms with E-state index in [9.17, 15) is 0 Å². The lowest BCUT2D eigenvalue weighted by molar-refractivity contribution is 0.691. The van der Waals surface area contributed by atoms with Crippen LogP contribution in [0.5, 0.6) is 0 Å².